The Morgan fingerprint density at radius 2 is 1.47 bits per heavy atom. The van der Waals surface area contributed by atoms with Gasteiger partial charge in [-0.05, 0) is 53.4 Å². The third kappa shape index (κ3) is 6.48. The molecule has 0 bridgehead atoms. The van der Waals surface area contributed by atoms with Crippen LogP contribution in [0.2, 0.25) is 5.02 Å². The van der Waals surface area contributed by atoms with Crippen molar-refractivity contribution in [3.05, 3.63) is 172 Å². The Balaban J connectivity index is 1.14. The standard InChI is InChI=1S/C45H43ClN6O3/c1-31-36(46)20-13-22-40(31)50-24-26-51(27-25-50)42(53)29-38-43-32(14-12-21-37(43)48-49-38)28-39-44(55-3)52(30-47-39)45(33-15-6-4-7-16-33,34-17-8-5-9-18-34)35-19-10-11-23-41(35)54-2/h4-23,30H,24-29H2,1-3H3,(H,48,49). The lowest BCUT2D eigenvalue weighted by molar-refractivity contribution is -0.130. The number of methoxy groups -OCH3 is 2. The molecule has 1 saturated heterocycles. The number of nitrogens with zero attached hydrogens (tertiary/aromatic N) is 5. The Bertz CT molecular complexity index is 2400. The molecule has 1 amide bonds. The molecular weight excluding hydrogens is 708 g/mol. The first-order valence-electron chi connectivity index (χ1n) is 18.5. The fourth-order valence-electron chi connectivity index (χ4n) is 8.20. The number of hydrogen-bond acceptors (Lipinski definition) is 6. The lowest BCUT2D eigenvalue weighted by Gasteiger charge is -2.38. The van der Waals surface area contributed by atoms with Gasteiger partial charge in [-0.2, -0.15) is 5.10 Å². The van der Waals surface area contributed by atoms with Crippen LogP contribution in [0.4, 0.5) is 5.69 Å². The molecule has 3 heterocycles. The number of aromatic nitrogens is 4. The predicted molar refractivity (Wildman–Crippen MR) is 218 cm³/mol. The van der Waals surface area contributed by atoms with Crippen molar-refractivity contribution in [3.63, 3.8) is 0 Å². The molecule has 0 radical (unpaired) electrons. The molecule has 278 valence electrons. The normalized spacial score (nSPS) is 13.3. The average Bonchev–Trinajstić information content (AvgIpc) is 3.84. The molecule has 55 heavy (non-hydrogen) atoms. The van der Waals surface area contributed by atoms with E-state index in [1.54, 1.807) is 14.2 Å². The fourth-order valence-corrected chi connectivity index (χ4v) is 8.37. The number of fused-ring (bicyclic) bond motifs is 1. The van der Waals surface area contributed by atoms with Crippen molar-refractivity contribution in [2.45, 2.75) is 25.3 Å². The number of para-hydroxylation sites is 1. The molecule has 7 aromatic rings. The second-order valence-corrected chi connectivity index (χ2v) is 14.2. The van der Waals surface area contributed by atoms with Crippen LogP contribution in [-0.4, -0.2) is 71.0 Å². The number of piperazine rings is 1. The zero-order valence-corrected chi connectivity index (χ0v) is 32.0. The van der Waals surface area contributed by atoms with Crippen LogP contribution in [0.1, 0.15) is 39.2 Å². The van der Waals surface area contributed by atoms with Crippen molar-refractivity contribution in [2.75, 3.05) is 45.3 Å². The van der Waals surface area contributed by atoms with Gasteiger partial charge in [-0.1, -0.05) is 109 Å². The highest BCUT2D eigenvalue weighted by atomic mass is 35.5. The molecule has 5 aromatic carbocycles. The monoisotopic (exact) mass is 750 g/mol. The third-order valence-electron chi connectivity index (χ3n) is 10.9. The van der Waals surface area contributed by atoms with Crippen LogP contribution in [0.15, 0.2) is 128 Å². The van der Waals surface area contributed by atoms with Crippen molar-refractivity contribution in [3.8, 4) is 11.6 Å². The van der Waals surface area contributed by atoms with Gasteiger partial charge in [-0.15, -0.1) is 0 Å². The maximum Gasteiger partial charge on any atom is 0.228 e. The van der Waals surface area contributed by atoms with E-state index in [0.29, 0.717) is 25.4 Å². The van der Waals surface area contributed by atoms with Crippen molar-refractivity contribution < 1.29 is 14.3 Å². The molecular formula is C45H43ClN6O3. The van der Waals surface area contributed by atoms with Gasteiger partial charge in [0, 0.05) is 54.3 Å². The number of halogens is 1. The molecule has 2 aromatic heterocycles. The summed E-state index contributed by atoms with van der Waals surface area (Å²) in [6, 6.07) is 40.9. The largest absolute Gasteiger partial charge is 0.496 e. The minimum atomic E-state index is -0.902. The second-order valence-electron chi connectivity index (χ2n) is 13.8. The number of carbonyl (C=O) groups excluding carboxylic acids is 1. The maximum atomic E-state index is 13.8. The molecule has 1 aliphatic heterocycles. The average molecular weight is 751 g/mol. The Kier molecular flexibility index (Phi) is 10.0. The van der Waals surface area contributed by atoms with Gasteiger partial charge in [0.05, 0.1) is 38.2 Å². The van der Waals surface area contributed by atoms with Gasteiger partial charge in [0.15, 0.2) is 0 Å². The number of ether oxygens (including phenoxy) is 2. The van der Waals surface area contributed by atoms with Crippen LogP contribution >= 0.6 is 11.6 Å². The van der Waals surface area contributed by atoms with E-state index in [-0.39, 0.29) is 12.3 Å². The Morgan fingerprint density at radius 1 is 0.800 bits per heavy atom. The lowest BCUT2D eigenvalue weighted by atomic mass is 9.76. The molecule has 0 saturated carbocycles. The van der Waals surface area contributed by atoms with Crippen LogP contribution in [0.25, 0.3) is 10.9 Å². The molecule has 0 aliphatic carbocycles. The number of benzene rings is 5. The smallest absolute Gasteiger partial charge is 0.228 e. The molecule has 9 nitrogen and oxygen atoms in total. The van der Waals surface area contributed by atoms with Crippen LogP contribution in [0, 0.1) is 6.92 Å². The first-order chi connectivity index (χ1) is 26.9. The SMILES string of the molecule is COc1ccccc1C(c1ccccc1)(c1ccccc1)n1cnc(Cc2cccc3n[nH]c(CC(=O)N4CCN(c5cccc(Cl)c5C)CC4)c23)c1OC. The van der Waals surface area contributed by atoms with E-state index < -0.39 is 5.54 Å². The number of nitrogens with one attached hydrogen (secondary N) is 1. The molecule has 1 aliphatic rings. The van der Waals surface area contributed by atoms with Gasteiger partial charge in [-0.3, -0.25) is 14.5 Å². The number of imidazole rings is 1. The van der Waals surface area contributed by atoms with Gasteiger partial charge in [0.1, 0.15) is 17.0 Å². The minimum absolute atomic E-state index is 0.0667. The molecule has 10 heteroatoms. The van der Waals surface area contributed by atoms with E-state index in [4.69, 9.17) is 26.1 Å². The number of hydrogen-bond donors (Lipinski definition) is 1. The topological polar surface area (TPSA) is 88.5 Å². The number of aromatic amines is 1. The van der Waals surface area contributed by atoms with Gasteiger partial charge in [0.2, 0.25) is 11.8 Å². The quantitative estimate of drug-likeness (QED) is 0.135. The summed E-state index contributed by atoms with van der Waals surface area (Å²) in [6.45, 7) is 4.79. The lowest BCUT2D eigenvalue weighted by Crippen LogP contribution is -2.49. The number of rotatable bonds is 11. The van der Waals surface area contributed by atoms with E-state index in [2.05, 4.69) is 86.4 Å². The Morgan fingerprint density at radius 3 is 2.16 bits per heavy atom. The second kappa shape index (κ2) is 15.4. The summed E-state index contributed by atoms with van der Waals surface area (Å²) >= 11 is 6.41. The van der Waals surface area contributed by atoms with E-state index in [1.807, 2.05) is 72.7 Å². The van der Waals surface area contributed by atoms with Crippen LogP contribution < -0.4 is 14.4 Å². The summed E-state index contributed by atoms with van der Waals surface area (Å²) in [7, 11) is 3.39. The highest BCUT2D eigenvalue weighted by Gasteiger charge is 2.43. The summed E-state index contributed by atoms with van der Waals surface area (Å²) < 4.78 is 14.5. The summed E-state index contributed by atoms with van der Waals surface area (Å²) in [5.41, 5.74) is 7.62. The molecule has 0 atom stereocenters. The van der Waals surface area contributed by atoms with E-state index >= 15 is 0 Å². The van der Waals surface area contributed by atoms with Gasteiger partial charge < -0.3 is 19.3 Å². The Labute approximate surface area is 326 Å². The van der Waals surface area contributed by atoms with E-state index in [0.717, 1.165) is 79.7 Å². The number of anilines is 1. The van der Waals surface area contributed by atoms with Gasteiger partial charge >= 0.3 is 0 Å². The summed E-state index contributed by atoms with van der Waals surface area (Å²) in [5.74, 6) is 1.42. The predicted octanol–water partition coefficient (Wildman–Crippen LogP) is 8.06. The zero-order chi connectivity index (χ0) is 37.9. The molecule has 0 spiro atoms. The molecule has 0 unspecified atom stereocenters. The summed E-state index contributed by atoms with van der Waals surface area (Å²) in [6.07, 6.45) is 2.54. The van der Waals surface area contributed by atoms with Crippen LogP contribution in [0.5, 0.6) is 11.6 Å². The number of H-pyrrole nitrogens is 1. The zero-order valence-electron chi connectivity index (χ0n) is 31.2. The van der Waals surface area contributed by atoms with Crippen molar-refractivity contribution in [1.82, 2.24) is 24.6 Å². The number of carbonyl (C=O) groups is 1. The minimum Gasteiger partial charge on any atom is -0.496 e. The first kappa shape index (κ1) is 35.9. The van der Waals surface area contributed by atoms with Gasteiger partial charge in [0.25, 0.3) is 0 Å². The van der Waals surface area contributed by atoms with Gasteiger partial charge in [-0.25, -0.2) is 4.98 Å². The highest BCUT2D eigenvalue weighted by Crippen LogP contribution is 2.47. The van der Waals surface area contributed by atoms with Crippen LogP contribution in [-0.2, 0) is 23.2 Å². The summed E-state index contributed by atoms with van der Waals surface area (Å²) in [5, 5.41) is 9.51. The number of amides is 1. The van der Waals surface area contributed by atoms with E-state index in [9.17, 15) is 4.79 Å². The van der Waals surface area contributed by atoms with Crippen LogP contribution in [0.3, 0.4) is 0 Å². The third-order valence-corrected chi connectivity index (χ3v) is 11.3. The molecule has 1 fully saturated rings. The molecule has 1 N–H and O–H groups in total. The molecule has 8 rings (SSSR count). The first-order valence-corrected chi connectivity index (χ1v) is 18.9. The summed E-state index contributed by atoms with van der Waals surface area (Å²) in [4.78, 5) is 23.1. The maximum absolute atomic E-state index is 13.8. The Hall–Kier alpha value is -6.06. The van der Waals surface area contributed by atoms with Crippen molar-refractivity contribution in [2.24, 2.45) is 0 Å². The van der Waals surface area contributed by atoms with Crippen molar-refractivity contribution in [1.29, 1.82) is 0 Å². The fraction of sp³-hybridized carbons (Fsp3) is 0.222. The highest BCUT2D eigenvalue weighted by molar-refractivity contribution is 6.31. The van der Waals surface area contributed by atoms with E-state index in [1.165, 1.54) is 0 Å². The van der Waals surface area contributed by atoms with Crippen molar-refractivity contribution >= 4 is 34.1 Å².